The lowest BCUT2D eigenvalue weighted by atomic mass is 10.2. The third-order valence-electron chi connectivity index (χ3n) is 4.29. The fourth-order valence-corrected chi connectivity index (χ4v) is 4.39. The van der Waals surface area contributed by atoms with E-state index in [1.165, 1.54) is 9.87 Å². The molecule has 128 valence electrons. The number of nitrogens with zero attached hydrogens (tertiary/aromatic N) is 2. The molecule has 1 heterocycles. The van der Waals surface area contributed by atoms with E-state index in [0.29, 0.717) is 24.5 Å². The van der Waals surface area contributed by atoms with Crippen LogP contribution >= 0.6 is 0 Å². The summed E-state index contributed by atoms with van der Waals surface area (Å²) in [5, 5.41) is 0. The van der Waals surface area contributed by atoms with Crippen LogP contribution in [0.15, 0.2) is 65.6 Å². The third-order valence-corrected chi connectivity index (χ3v) is 6.16. The predicted octanol–water partition coefficient (Wildman–Crippen LogP) is 2.17. The van der Waals surface area contributed by atoms with Crippen LogP contribution in [0.2, 0.25) is 0 Å². The van der Waals surface area contributed by atoms with E-state index in [0.717, 1.165) is 6.54 Å². The van der Waals surface area contributed by atoms with Crippen molar-refractivity contribution in [3.63, 3.8) is 0 Å². The van der Waals surface area contributed by atoms with E-state index >= 15 is 0 Å². The van der Waals surface area contributed by atoms with Crippen LogP contribution in [-0.2, 0) is 21.3 Å². The predicted molar refractivity (Wildman–Crippen MR) is 92.8 cm³/mol. The Morgan fingerprint density at radius 2 is 1.62 bits per heavy atom. The molecule has 5 nitrogen and oxygen atoms in total. The summed E-state index contributed by atoms with van der Waals surface area (Å²) in [6, 6.07) is 18.7. The molecular weight excluding hydrogens is 324 g/mol. The fourth-order valence-electron chi connectivity index (χ4n) is 2.95. The number of piperazine rings is 1. The van der Waals surface area contributed by atoms with Crippen LogP contribution in [0.5, 0.6) is 0 Å². The van der Waals surface area contributed by atoms with E-state index in [4.69, 9.17) is 4.74 Å². The molecule has 0 amide bonds. The van der Waals surface area contributed by atoms with Gasteiger partial charge in [-0.25, -0.2) is 8.42 Å². The van der Waals surface area contributed by atoms with Gasteiger partial charge in [-0.2, -0.15) is 4.31 Å². The van der Waals surface area contributed by atoms with Crippen LogP contribution < -0.4 is 0 Å². The molecule has 0 saturated carbocycles. The van der Waals surface area contributed by atoms with E-state index in [1.807, 2.05) is 24.3 Å². The minimum Gasteiger partial charge on any atom is -0.365 e. The summed E-state index contributed by atoms with van der Waals surface area (Å²) < 4.78 is 32.6. The third kappa shape index (κ3) is 3.67. The van der Waals surface area contributed by atoms with Gasteiger partial charge in [-0.05, 0) is 17.7 Å². The van der Waals surface area contributed by atoms with Gasteiger partial charge in [0.1, 0.15) is 6.23 Å². The van der Waals surface area contributed by atoms with Crippen molar-refractivity contribution in [2.75, 3.05) is 26.7 Å². The fraction of sp³-hybridized carbons (Fsp3) is 0.333. The molecule has 0 spiro atoms. The highest BCUT2D eigenvalue weighted by Crippen LogP contribution is 2.21. The van der Waals surface area contributed by atoms with Crippen molar-refractivity contribution in [3.05, 3.63) is 66.2 Å². The summed E-state index contributed by atoms with van der Waals surface area (Å²) in [6.07, 6.45) is -0.252. The number of ether oxygens (including phenoxy) is 1. The van der Waals surface area contributed by atoms with Gasteiger partial charge in [-0.1, -0.05) is 48.5 Å². The van der Waals surface area contributed by atoms with E-state index in [2.05, 4.69) is 17.0 Å². The van der Waals surface area contributed by atoms with E-state index in [1.54, 1.807) is 31.4 Å². The second-order valence-corrected chi connectivity index (χ2v) is 7.76. The maximum absolute atomic E-state index is 12.8. The Labute approximate surface area is 143 Å². The first kappa shape index (κ1) is 17.1. The molecule has 1 aliphatic rings. The summed E-state index contributed by atoms with van der Waals surface area (Å²) in [4.78, 5) is 2.50. The lowest BCUT2D eigenvalue weighted by Gasteiger charge is -2.39. The molecular formula is C18H22N2O3S. The van der Waals surface area contributed by atoms with Gasteiger partial charge in [-0.15, -0.1) is 0 Å². The molecule has 6 heteroatoms. The zero-order valence-electron chi connectivity index (χ0n) is 13.7. The van der Waals surface area contributed by atoms with Gasteiger partial charge in [0, 0.05) is 26.7 Å². The minimum absolute atomic E-state index is 0.252. The van der Waals surface area contributed by atoms with Crippen LogP contribution in [0.3, 0.4) is 0 Å². The summed E-state index contributed by atoms with van der Waals surface area (Å²) in [6.45, 7) is 2.18. The first-order chi connectivity index (χ1) is 11.6. The topological polar surface area (TPSA) is 49.9 Å². The van der Waals surface area contributed by atoms with E-state index < -0.39 is 10.0 Å². The SMILES string of the molecule is CO[C@H]1CN(S(=O)(=O)c2ccccc2)CCN1Cc1ccccc1. The highest BCUT2D eigenvalue weighted by Gasteiger charge is 2.34. The van der Waals surface area contributed by atoms with Crippen LogP contribution in [0, 0.1) is 0 Å². The Morgan fingerprint density at radius 3 is 2.25 bits per heavy atom. The average Bonchev–Trinajstić information content (AvgIpc) is 2.63. The van der Waals surface area contributed by atoms with Crippen molar-refractivity contribution in [1.29, 1.82) is 0 Å². The number of benzene rings is 2. The van der Waals surface area contributed by atoms with Crippen LogP contribution in [0.1, 0.15) is 5.56 Å². The van der Waals surface area contributed by atoms with Crippen LogP contribution in [0.4, 0.5) is 0 Å². The molecule has 0 unspecified atom stereocenters. The molecule has 1 saturated heterocycles. The molecule has 24 heavy (non-hydrogen) atoms. The van der Waals surface area contributed by atoms with E-state index in [-0.39, 0.29) is 6.23 Å². The van der Waals surface area contributed by atoms with Gasteiger partial charge in [0.2, 0.25) is 10.0 Å². The Morgan fingerprint density at radius 1 is 1.00 bits per heavy atom. The van der Waals surface area contributed by atoms with Gasteiger partial charge in [0.25, 0.3) is 0 Å². The molecule has 0 aliphatic carbocycles. The summed E-state index contributed by atoms with van der Waals surface area (Å²) >= 11 is 0. The largest absolute Gasteiger partial charge is 0.365 e. The van der Waals surface area contributed by atoms with Crippen molar-refractivity contribution in [3.8, 4) is 0 Å². The summed E-state index contributed by atoms with van der Waals surface area (Å²) in [5.41, 5.74) is 1.19. The number of hydrogen-bond donors (Lipinski definition) is 0. The Hall–Kier alpha value is -1.73. The van der Waals surface area contributed by atoms with Gasteiger partial charge in [0.05, 0.1) is 11.4 Å². The van der Waals surface area contributed by atoms with Crippen molar-refractivity contribution >= 4 is 10.0 Å². The maximum Gasteiger partial charge on any atom is 0.243 e. The second-order valence-electron chi connectivity index (χ2n) is 5.82. The highest BCUT2D eigenvalue weighted by atomic mass is 32.2. The molecule has 1 aliphatic heterocycles. The summed E-state index contributed by atoms with van der Waals surface area (Å²) in [7, 11) is -1.85. The Balaban J connectivity index is 1.73. The molecule has 0 N–H and O–H groups in total. The molecule has 1 atom stereocenters. The lowest BCUT2D eigenvalue weighted by molar-refractivity contribution is -0.0685. The first-order valence-electron chi connectivity index (χ1n) is 7.97. The monoisotopic (exact) mass is 346 g/mol. The lowest BCUT2D eigenvalue weighted by Crippen LogP contribution is -2.54. The zero-order valence-corrected chi connectivity index (χ0v) is 14.5. The van der Waals surface area contributed by atoms with Gasteiger partial charge >= 0.3 is 0 Å². The quantitative estimate of drug-likeness (QED) is 0.833. The number of rotatable bonds is 5. The molecule has 2 aromatic rings. The summed E-state index contributed by atoms with van der Waals surface area (Å²) in [5.74, 6) is 0. The van der Waals surface area contributed by atoms with Gasteiger partial charge < -0.3 is 4.74 Å². The van der Waals surface area contributed by atoms with Gasteiger partial charge in [0.15, 0.2) is 0 Å². The molecule has 0 radical (unpaired) electrons. The zero-order chi connectivity index (χ0) is 17.0. The van der Waals surface area contributed by atoms with Crippen molar-refractivity contribution < 1.29 is 13.2 Å². The Bertz CT molecular complexity index is 750. The normalized spacial score (nSPS) is 20.1. The van der Waals surface area contributed by atoms with Crippen molar-refractivity contribution in [1.82, 2.24) is 9.21 Å². The second kappa shape index (κ2) is 7.44. The molecule has 3 rings (SSSR count). The highest BCUT2D eigenvalue weighted by molar-refractivity contribution is 7.89. The average molecular weight is 346 g/mol. The molecule has 0 aromatic heterocycles. The standard InChI is InChI=1S/C18H22N2O3S/c1-23-18-15-20(24(21,22)17-10-6-3-7-11-17)13-12-19(18)14-16-8-4-2-5-9-16/h2-11,18H,12-15H2,1H3/t18-/m0/s1. The van der Waals surface area contributed by atoms with Crippen molar-refractivity contribution in [2.45, 2.75) is 17.7 Å². The van der Waals surface area contributed by atoms with Crippen molar-refractivity contribution in [2.24, 2.45) is 0 Å². The molecule has 1 fully saturated rings. The maximum atomic E-state index is 12.8. The van der Waals surface area contributed by atoms with E-state index in [9.17, 15) is 8.42 Å². The first-order valence-corrected chi connectivity index (χ1v) is 9.41. The van der Waals surface area contributed by atoms with Gasteiger partial charge in [-0.3, -0.25) is 4.90 Å². The minimum atomic E-state index is -3.47. The molecule has 2 aromatic carbocycles. The van der Waals surface area contributed by atoms with Crippen LogP contribution in [0.25, 0.3) is 0 Å². The number of hydrogen-bond acceptors (Lipinski definition) is 4. The Kier molecular flexibility index (Phi) is 5.30. The molecule has 0 bridgehead atoms. The number of methoxy groups -OCH3 is 1. The van der Waals surface area contributed by atoms with Crippen LogP contribution in [-0.4, -0.2) is 50.6 Å². The smallest absolute Gasteiger partial charge is 0.243 e. The number of sulfonamides is 1.